The summed E-state index contributed by atoms with van der Waals surface area (Å²) in [6.45, 7) is 1.05. The molecule has 2 aromatic heterocycles. The maximum absolute atomic E-state index is 12.7. The highest BCUT2D eigenvalue weighted by Gasteiger charge is 2.32. The normalized spacial score (nSPS) is 20.5. The zero-order chi connectivity index (χ0) is 14.9. The predicted octanol–water partition coefficient (Wildman–Crippen LogP) is 3.36. The zero-order valence-electron chi connectivity index (χ0n) is 11.3. The first-order valence-electron chi connectivity index (χ1n) is 6.72. The van der Waals surface area contributed by atoms with Crippen molar-refractivity contribution in [3.8, 4) is 0 Å². The van der Waals surface area contributed by atoms with Gasteiger partial charge in [0.05, 0.1) is 5.02 Å². The van der Waals surface area contributed by atoms with E-state index in [0.29, 0.717) is 18.1 Å². The lowest BCUT2D eigenvalue weighted by atomic mass is 9.92. The maximum atomic E-state index is 12.7. The average molecular weight is 343 g/mol. The Morgan fingerprint density at radius 3 is 2.71 bits per heavy atom. The van der Waals surface area contributed by atoms with Crippen molar-refractivity contribution in [1.82, 2.24) is 9.29 Å². The average Bonchev–Trinajstić information content (AvgIpc) is 2.95. The number of hydrogen-bond donors (Lipinski definition) is 0. The molecule has 4 nitrogen and oxygen atoms in total. The van der Waals surface area contributed by atoms with Gasteiger partial charge in [0.15, 0.2) is 4.21 Å². The number of hydrogen-bond acceptors (Lipinski definition) is 4. The Labute approximate surface area is 133 Å². The molecule has 21 heavy (non-hydrogen) atoms. The summed E-state index contributed by atoms with van der Waals surface area (Å²) in [7, 11) is -3.49. The Bertz CT molecular complexity index is 716. The quantitative estimate of drug-likeness (QED) is 0.859. The first-order chi connectivity index (χ1) is 10.1. The molecule has 1 atom stereocenters. The van der Waals surface area contributed by atoms with E-state index in [-0.39, 0.29) is 10.1 Å². The Balaban J connectivity index is 1.85. The van der Waals surface area contributed by atoms with Crippen molar-refractivity contribution in [3.63, 3.8) is 0 Å². The van der Waals surface area contributed by atoms with E-state index in [1.807, 2.05) is 12.1 Å². The maximum Gasteiger partial charge on any atom is 0.254 e. The van der Waals surface area contributed by atoms with Gasteiger partial charge in [-0.15, -0.1) is 11.3 Å². The summed E-state index contributed by atoms with van der Waals surface area (Å²) in [5, 5.41) is 2.02. The van der Waals surface area contributed by atoms with Gasteiger partial charge in [0, 0.05) is 25.5 Å². The Hall–Kier alpha value is -0.950. The standard InChI is InChI=1S/C14H15ClN2O2S2/c15-13-5-9-20-14(13)21(18,19)17-8-1-2-12(10-17)11-3-6-16-7-4-11/h3-7,9,12H,1-2,8,10H2. The summed E-state index contributed by atoms with van der Waals surface area (Å²) in [6, 6.07) is 5.54. The van der Waals surface area contributed by atoms with Gasteiger partial charge in [-0.2, -0.15) is 4.31 Å². The topological polar surface area (TPSA) is 50.3 Å². The number of aromatic nitrogens is 1. The van der Waals surface area contributed by atoms with Gasteiger partial charge in [-0.3, -0.25) is 4.98 Å². The van der Waals surface area contributed by atoms with Crippen LogP contribution in [-0.2, 0) is 10.0 Å². The van der Waals surface area contributed by atoms with E-state index in [9.17, 15) is 8.42 Å². The van der Waals surface area contributed by atoms with E-state index in [2.05, 4.69) is 4.98 Å². The van der Waals surface area contributed by atoms with Crippen LogP contribution in [0.3, 0.4) is 0 Å². The zero-order valence-corrected chi connectivity index (χ0v) is 13.7. The minimum atomic E-state index is -3.49. The summed E-state index contributed by atoms with van der Waals surface area (Å²) < 4.78 is 27.2. The van der Waals surface area contributed by atoms with Gasteiger partial charge in [-0.1, -0.05) is 11.6 Å². The van der Waals surface area contributed by atoms with Crippen molar-refractivity contribution in [2.45, 2.75) is 23.0 Å². The number of piperidine rings is 1. The molecule has 0 amide bonds. The van der Waals surface area contributed by atoms with Crippen LogP contribution in [0.5, 0.6) is 0 Å². The van der Waals surface area contributed by atoms with E-state index in [4.69, 9.17) is 11.6 Å². The van der Waals surface area contributed by atoms with Gasteiger partial charge < -0.3 is 0 Å². The molecular formula is C14H15ClN2O2S2. The van der Waals surface area contributed by atoms with Crippen molar-refractivity contribution in [1.29, 1.82) is 0 Å². The fourth-order valence-electron chi connectivity index (χ4n) is 2.65. The smallest absolute Gasteiger partial charge is 0.254 e. The number of sulfonamides is 1. The van der Waals surface area contributed by atoms with Crippen LogP contribution in [-0.4, -0.2) is 30.8 Å². The summed E-state index contributed by atoms with van der Waals surface area (Å²) in [4.78, 5) is 4.01. The van der Waals surface area contributed by atoms with Crippen molar-refractivity contribution >= 4 is 33.0 Å². The summed E-state index contributed by atoms with van der Waals surface area (Å²) >= 11 is 7.17. The molecule has 0 N–H and O–H groups in total. The molecule has 1 aliphatic heterocycles. The van der Waals surface area contributed by atoms with Crippen molar-refractivity contribution in [3.05, 3.63) is 46.6 Å². The van der Waals surface area contributed by atoms with Crippen molar-refractivity contribution in [2.24, 2.45) is 0 Å². The summed E-state index contributed by atoms with van der Waals surface area (Å²) in [6.07, 6.45) is 5.35. The highest BCUT2D eigenvalue weighted by molar-refractivity contribution is 7.91. The first kappa shape index (κ1) is 15.0. The molecule has 1 saturated heterocycles. The fourth-order valence-corrected chi connectivity index (χ4v) is 5.99. The second kappa shape index (κ2) is 6.04. The molecule has 2 aromatic rings. The fraction of sp³-hybridized carbons (Fsp3) is 0.357. The molecule has 0 bridgehead atoms. The molecule has 112 valence electrons. The van der Waals surface area contributed by atoms with Crippen LogP contribution >= 0.6 is 22.9 Å². The number of halogens is 1. The summed E-state index contributed by atoms with van der Waals surface area (Å²) in [5.74, 6) is 0.218. The Morgan fingerprint density at radius 2 is 2.05 bits per heavy atom. The van der Waals surface area contributed by atoms with Crippen LogP contribution in [0.25, 0.3) is 0 Å². The molecule has 3 rings (SSSR count). The largest absolute Gasteiger partial charge is 0.265 e. The van der Waals surface area contributed by atoms with Crippen LogP contribution < -0.4 is 0 Å². The lowest BCUT2D eigenvalue weighted by Gasteiger charge is -2.31. The SMILES string of the molecule is O=S(=O)(c1sccc1Cl)N1CCCC(c2ccncc2)C1. The van der Waals surface area contributed by atoms with Crippen LogP contribution in [0, 0.1) is 0 Å². The summed E-state index contributed by atoms with van der Waals surface area (Å²) in [5.41, 5.74) is 1.14. The van der Waals surface area contributed by atoms with E-state index in [1.165, 1.54) is 11.3 Å². The van der Waals surface area contributed by atoms with Gasteiger partial charge in [0.25, 0.3) is 10.0 Å². The second-order valence-electron chi connectivity index (χ2n) is 5.04. The lowest BCUT2D eigenvalue weighted by Crippen LogP contribution is -2.38. The molecular weight excluding hydrogens is 328 g/mol. The highest BCUT2D eigenvalue weighted by atomic mass is 35.5. The third-order valence-electron chi connectivity index (χ3n) is 3.72. The van der Waals surface area contributed by atoms with Gasteiger partial charge in [0.2, 0.25) is 0 Å². The highest BCUT2D eigenvalue weighted by Crippen LogP contribution is 2.34. The molecule has 1 aliphatic rings. The van der Waals surface area contributed by atoms with E-state index >= 15 is 0 Å². The first-order valence-corrected chi connectivity index (χ1v) is 9.42. The minimum absolute atomic E-state index is 0.218. The monoisotopic (exact) mass is 342 g/mol. The van der Waals surface area contributed by atoms with Gasteiger partial charge in [-0.25, -0.2) is 8.42 Å². The van der Waals surface area contributed by atoms with Gasteiger partial charge in [0.1, 0.15) is 0 Å². The molecule has 0 spiro atoms. The number of nitrogens with zero attached hydrogens (tertiary/aromatic N) is 2. The predicted molar refractivity (Wildman–Crippen MR) is 84.3 cm³/mol. The number of rotatable bonds is 3. The minimum Gasteiger partial charge on any atom is -0.265 e. The third-order valence-corrected chi connectivity index (χ3v) is 7.59. The lowest BCUT2D eigenvalue weighted by molar-refractivity contribution is 0.316. The van der Waals surface area contributed by atoms with Gasteiger partial charge in [-0.05, 0) is 47.9 Å². The Morgan fingerprint density at radius 1 is 1.29 bits per heavy atom. The van der Waals surface area contributed by atoms with Gasteiger partial charge >= 0.3 is 0 Å². The Kier molecular flexibility index (Phi) is 4.31. The van der Waals surface area contributed by atoms with Crippen LogP contribution in [0.15, 0.2) is 40.2 Å². The molecule has 7 heteroatoms. The molecule has 0 saturated carbocycles. The number of thiophene rings is 1. The number of pyridine rings is 1. The molecule has 3 heterocycles. The van der Waals surface area contributed by atoms with E-state index < -0.39 is 10.0 Å². The van der Waals surface area contributed by atoms with Crippen LogP contribution in [0.4, 0.5) is 0 Å². The van der Waals surface area contributed by atoms with Crippen LogP contribution in [0.1, 0.15) is 24.3 Å². The van der Waals surface area contributed by atoms with E-state index in [0.717, 1.165) is 18.4 Å². The van der Waals surface area contributed by atoms with E-state index in [1.54, 1.807) is 28.1 Å². The third kappa shape index (κ3) is 2.99. The molecule has 0 radical (unpaired) electrons. The second-order valence-corrected chi connectivity index (χ2v) is 8.50. The molecule has 1 unspecified atom stereocenters. The van der Waals surface area contributed by atoms with Crippen molar-refractivity contribution < 1.29 is 8.42 Å². The van der Waals surface area contributed by atoms with Crippen LogP contribution in [0.2, 0.25) is 5.02 Å². The van der Waals surface area contributed by atoms with Crippen molar-refractivity contribution in [2.75, 3.05) is 13.1 Å². The molecule has 1 fully saturated rings. The molecule has 0 aromatic carbocycles. The molecule has 0 aliphatic carbocycles.